The maximum atomic E-state index is 5.58. The minimum absolute atomic E-state index is 0.378. The molecule has 0 saturated carbocycles. The number of hydrogen-bond acceptors (Lipinski definition) is 4. The molecule has 2 N–H and O–H groups in total. The molecule has 1 aromatic rings. The van der Waals surface area contributed by atoms with Crippen LogP contribution in [-0.2, 0) is 6.54 Å². The van der Waals surface area contributed by atoms with E-state index >= 15 is 0 Å². The lowest BCUT2D eigenvalue weighted by atomic mass is 10.2. The van der Waals surface area contributed by atoms with E-state index in [-0.39, 0.29) is 0 Å². The molecule has 0 bridgehead atoms. The molecule has 0 aliphatic carbocycles. The van der Waals surface area contributed by atoms with E-state index in [1.165, 1.54) is 6.42 Å². The van der Waals surface area contributed by atoms with Gasteiger partial charge in [-0.1, -0.05) is 19.9 Å². The van der Waals surface area contributed by atoms with Crippen molar-refractivity contribution >= 4 is 5.96 Å². The first-order valence-corrected chi connectivity index (χ1v) is 10.6. The second-order valence-electron chi connectivity index (χ2n) is 6.83. The number of nitrogens with zero attached hydrogens (tertiary/aromatic N) is 2. The summed E-state index contributed by atoms with van der Waals surface area (Å²) in [6.45, 7) is 16.1. The van der Waals surface area contributed by atoms with Crippen molar-refractivity contribution in [2.75, 3.05) is 39.9 Å². The van der Waals surface area contributed by atoms with Crippen molar-refractivity contribution in [3.05, 3.63) is 23.8 Å². The Morgan fingerprint density at radius 1 is 1.14 bits per heavy atom. The van der Waals surface area contributed by atoms with Gasteiger partial charge in [-0.3, -0.25) is 0 Å². The second kappa shape index (κ2) is 14.1. The van der Waals surface area contributed by atoms with Gasteiger partial charge in [-0.05, 0) is 70.9 Å². The van der Waals surface area contributed by atoms with Crippen molar-refractivity contribution in [2.24, 2.45) is 4.99 Å². The van der Waals surface area contributed by atoms with Gasteiger partial charge in [0.25, 0.3) is 0 Å². The van der Waals surface area contributed by atoms with Crippen LogP contribution in [0.15, 0.2) is 23.2 Å². The number of nitrogens with one attached hydrogen (secondary N) is 2. The van der Waals surface area contributed by atoms with Gasteiger partial charge in [0.15, 0.2) is 17.5 Å². The minimum Gasteiger partial charge on any atom is -0.493 e. The lowest BCUT2D eigenvalue weighted by Crippen LogP contribution is -2.42. The summed E-state index contributed by atoms with van der Waals surface area (Å²) < 4.78 is 11.0. The molecule has 0 aromatic heterocycles. The van der Waals surface area contributed by atoms with E-state index in [9.17, 15) is 0 Å². The van der Waals surface area contributed by atoms with Gasteiger partial charge in [0.1, 0.15) is 0 Å². The molecule has 6 nitrogen and oxygen atoms in total. The molecule has 1 aromatic carbocycles. The molecule has 0 aliphatic heterocycles. The van der Waals surface area contributed by atoms with Crippen molar-refractivity contribution in [3.8, 4) is 11.5 Å². The van der Waals surface area contributed by atoms with Crippen LogP contribution in [0.3, 0.4) is 0 Å². The summed E-state index contributed by atoms with van der Waals surface area (Å²) in [4.78, 5) is 7.20. The van der Waals surface area contributed by atoms with E-state index in [4.69, 9.17) is 14.5 Å². The molecule has 0 spiro atoms. The van der Waals surface area contributed by atoms with Gasteiger partial charge in [-0.25, -0.2) is 4.99 Å². The summed E-state index contributed by atoms with van der Waals surface area (Å²) in [7, 11) is 1.66. The first-order valence-electron chi connectivity index (χ1n) is 10.6. The highest BCUT2D eigenvalue weighted by Crippen LogP contribution is 2.28. The molecule has 1 atom stereocenters. The van der Waals surface area contributed by atoms with Crippen LogP contribution in [0.1, 0.15) is 53.0 Å². The molecular weight excluding hydrogens is 352 g/mol. The number of methoxy groups -OCH3 is 1. The van der Waals surface area contributed by atoms with Crippen LogP contribution in [0.5, 0.6) is 11.5 Å². The maximum Gasteiger partial charge on any atom is 0.191 e. The first-order chi connectivity index (χ1) is 13.6. The highest BCUT2D eigenvalue weighted by Gasteiger charge is 2.08. The quantitative estimate of drug-likeness (QED) is 0.396. The van der Waals surface area contributed by atoms with E-state index in [1.807, 2.05) is 25.1 Å². The van der Waals surface area contributed by atoms with Gasteiger partial charge in [0, 0.05) is 12.6 Å². The smallest absolute Gasteiger partial charge is 0.191 e. The van der Waals surface area contributed by atoms with Crippen LogP contribution in [0.4, 0.5) is 0 Å². The van der Waals surface area contributed by atoms with Gasteiger partial charge < -0.3 is 25.0 Å². The number of benzene rings is 1. The van der Waals surface area contributed by atoms with Crippen LogP contribution in [0.2, 0.25) is 0 Å². The van der Waals surface area contributed by atoms with Gasteiger partial charge in [0.2, 0.25) is 0 Å². The van der Waals surface area contributed by atoms with Gasteiger partial charge in [-0.15, -0.1) is 0 Å². The fourth-order valence-corrected chi connectivity index (χ4v) is 3.04. The summed E-state index contributed by atoms with van der Waals surface area (Å²) in [5.41, 5.74) is 1.09. The van der Waals surface area contributed by atoms with Gasteiger partial charge >= 0.3 is 0 Å². The van der Waals surface area contributed by atoms with Crippen molar-refractivity contribution in [2.45, 2.75) is 60.0 Å². The van der Waals surface area contributed by atoms with E-state index < -0.39 is 0 Å². The monoisotopic (exact) mass is 392 g/mol. The molecule has 160 valence electrons. The number of guanidine groups is 1. The van der Waals surface area contributed by atoms with E-state index in [1.54, 1.807) is 7.11 Å². The summed E-state index contributed by atoms with van der Waals surface area (Å²) in [5.74, 6) is 2.37. The largest absolute Gasteiger partial charge is 0.493 e. The number of aliphatic imine (C=N–C) groups is 1. The standard InChI is InChI=1S/C22H40N4O2/c1-7-23-22(25-18(5)12-11-15-26(8-2)9-3)24-17-19-13-14-20(28-10-4)21(16-19)27-6/h13-14,16,18H,7-12,15,17H2,1-6H3,(H2,23,24,25). The van der Waals surface area contributed by atoms with Crippen LogP contribution in [-0.4, -0.2) is 56.8 Å². The molecule has 1 rings (SSSR count). The number of hydrogen-bond donors (Lipinski definition) is 2. The van der Waals surface area contributed by atoms with Crippen molar-refractivity contribution < 1.29 is 9.47 Å². The van der Waals surface area contributed by atoms with Crippen LogP contribution >= 0.6 is 0 Å². The Kier molecular flexibility index (Phi) is 12.1. The fraction of sp³-hybridized carbons (Fsp3) is 0.682. The molecule has 6 heteroatoms. The normalized spacial score (nSPS) is 12.8. The third kappa shape index (κ3) is 8.83. The predicted molar refractivity (Wildman–Crippen MR) is 119 cm³/mol. The molecule has 0 amide bonds. The fourth-order valence-electron chi connectivity index (χ4n) is 3.04. The molecule has 0 saturated heterocycles. The highest BCUT2D eigenvalue weighted by atomic mass is 16.5. The SMILES string of the molecule is CCNC(=NCc1ccc(OCC)c(OC)c1)NC(C)CCCN(CC)CC. The topological polar surface area (TPSA) is 58.1 Å². The van der Waals surface area contributed by atoms with Crippen LogP contribution < -0.4 is 20.1 Å². The first kappa shape index (κ1) is 24.1. The van der Waals surface area contributed by atoms with Crippen molar-refractivity contribution in [1.82, 2.24) is 15.5 Å². The van der Waals surface area contributed by atoms with E-state index in [2.05, 4.69) is 43.2 Å². The number of rotatable bonds is 13. The third-order valence-electron chi connectivity index (χ3n) is 4.68. The zero-order valence-corrected chi connectivity index (χ0v) is 18.7. The second-order valence-corrected chi connectivity index (χ2v) is 6.83. The molecule has 1 unspecified atom stereocenters. The summed E-state index contributed by atoms with van der Waals surface area (Å²) in [5, 5.41) is 6.86. The molecule has 0 radical (unpaired) electrons. The molecule has 28 heavy (non-hydrogen) atoms. The van der Waals surface area contributed by atoms with Gasteiger partial charge in [0.05, 0.1) is 20.3 Å². The molecule has 0 aliphatic rings. The van der Waals surface area contributed by atoms with Crippen LogP contribution in [0.25, 0.3) is 0 Å². The Labute approximate surface area is 171 Å². The zero-order chi connectivity index (χ0) is 20.8. The van der Waals surface area contributed by atoms with Crippen molar-refractivity contribution in [3.63, 3.8) is 0 Å². The third-order valence-corrected chi connectivity index (χ3v) is 4.68. The minimum atomic E-state index is 0.378. The summed E-state index contributed by atoms with van der Waals surface area (Å²) in [6, 6.07) is 6.35. The highest BCUT2D eigenvalue weighted by molar-refractivity contribution is 5.80. The van der Waals surface area contributed by atoms with Crippen LogP contribution in [0, 0.1) is 0 Å². The zero-order valence-electron chi connectivity index (χ0n) is 18.7. The van der Waals surface area contributed by atoms with Crippen molar-refractivity contribution in [1.29, 1.82) is 0 Å². The average Bonchev–Trinajstić information content (AvgIpc) is 2.70. The Bertz CT molecular complexity index is 574. The molecular formula is C22H40N4O2. The Morgan fingerprint density at radius 2 is 1.89 bits per heavy atom. The lowest BCUT2D eigenvalue weighted by molar-refractivity contribution is 0.292. The van der Waals surface area contributed by atoms with E-state index in [0.29, 0.717) is 19.2 Å². The number of ether oxygens (including phenoxy) is 2. The van der Waals surface area contributed by atoms with Gasteiger partial charge in [-0.2, -0.15) is 0 Å². The summed E-state index contributed by atoms with van der Waals surface area (Å²) >= 11 is 0. The lowest BCUT2D eigenvalue weighted by Gasteiger charge is -2.21. The molecule has 0 heterocycles. The maximum absolute atomic E-state index is 5.58. The molecule has 0 fully saturated rings. The Hall–Kier alpha value is -1.95. The average molecular weight is 393 g/mol. The predicted octanol–water partition coefficient (Wildman–Crippen LogP) is 3.66. The summed E-state index contributed by atoms with van der Waals surface area (Å²) in [6.07, 6.45) is 2.31. The Balaban J connectivity index is 2.63. The van der Waals surface area contributed by atoms with E-state index in [0.717, 1.165) is 55.6 Å². The Morgan fingerprint density at radius 3 is 2.50 bits per heavy atom.